The molecular weight excluding hydrogens is 644 g/mol. The SMILES string of the molecule is COc1cc(/C=C2/SC(=O)N(Cc3c(Cl)cccc3Cl)C2=O)cc(I)c1OCc1ccc(Cl)cc1. The minimum atomic E-state index is -0.409. The first-order valence-corrected chi connectivity index (χ1v) is 13.2. The molecule has 3 aromatic carbocycles. The van der Waals surface area contributed by atoms with Gasteiger partial charge in [-0.3, -0.25) is 14.5 Å². The van der Waals surface area contributed by atoms with E-state index in [-0.39, 0.29) is 11.8 Å². The van der Waals surface area contributed by atoms with Crippen molar-refractivity contribution in [1.29, 1.82) is 0 Å². The lowest BCUT2D eigenvalue weighted by molar-refractivity contribution is -0.123. The molecule has 35 heavy (non-hydrogen) atoms. The Balaban J connectivity index is 1.54. The lowest BCUT2D eigenvalue weighted by Crippen LogP contribution is -2.27. The van der Waals surface area contributed by atoms with E-state index in [1.54, 1.807) is 49.6 Å². The Morgan fingerprint density at radius 2 is 1.71 bits per heavy atom. The third-order valence-corrected chi connectivity index (χ3v) is 7.77. The minimum absolute atomic E-state index is 0.00115. The van der Waals surface area contributed by atoms with E-state index in [1.807, 2.05) is 18.2 Å². The predicted octanol–water partition coefficient (Wildman–Crippen LogP) is 8.08. The molecule has 0 radical (unpaired) electrons. The second-order valence-electron chi connectivity index (χ2n) is 7.42. The number of carbonyl (C=O) groups is 2. The van der Waals surface area contributed by atoms with Crippen molar-refractivity contribution < 1.29 is 19.1 Å². The third-order valence-electron chi connectivity index (χ3n) is 5.10. The Bertz CT molecular complexity index is 1310. The second-order valence-corrected chi connectivity index (χ2v) is 10.8. The maximum atomic E-state index is 13.0. The van der Waals surface area contributed by atoms with Crippen molar-refractivity contribution in [3.8, 4) is 11.5 Å². The first-order valence-electron chi connectivity index (χ1n) is 10.2. The normalized spacial score (nSPS) is 14.7. The molecule has 0 aromatic heterocycles. The summed E-state index contributed by atoms with van der Waals surface area (Å²) in [6, 6.07) is 16.1. The molecule has 3 aromatic rings. The van der Waals surface area contributed by atoms with Crippen LogP contribution in [0.3, 0.4) is 0 Å². The van der Waals surface area contributed by atoms with Gasteiger partial charge >= 0.3 is 0 Å². The van der Waals surface area contributed by atoms with Crippen molar-refractivity contribution in [2.45, 2.75) is 13.2 Å². The number of halogens is 4. The van der Waals surface area contributed by atoms with Crippen molar-refractivity contribution >= 4 is 86.4 Å². The molecule has 0 bridgehead atoms. The molecule has 0 unspecified atom stereocenters. The number of imide groups is 1. The number of carbonyl (C=O) groups excluding carboxylic acids is 2. The highest BCUT2D eigenvalue weighted by molar-refractivity contribution is 14.1. The maximum absolute atomic E-state index is 13.0. The van der Waals surface area contributed by atoms with E-state index < -0.39 is 5.91 Å². The first-order chi connectivity index (χ1) is 16.8. The average molecular weight is 661 g/mol. The van der Waals surface area contributed by atoms with Gasteiger partial charge in [0.15, 0.2) is 11.5 Å². The largest absolute Gasteiger partial charge is 0.493 e. The van der Waals surface area contributed by atoms with Crippen molar-refractivity contribution in [2.24, 2.45) is 0 Å². The number of benzene rings is 3. The van der Waals surface area contributed by atoms with Gasteiger partial charge < -0.3 is 9.47 Å². The highest BCUT2D eigenvalue weighted by atomic mass is 127. The van der Waals surface area contributed by atoms with Gasteiger partial charge in [-0.15, -0.1) is 0 Å². The van der Waals surface area contributed by atoms with E-state index in [2.05, 4.69) is 22.6 Å². The Morgan fingerprint density at radius 3 is 2.37 bits per heavy atom. The van der Waals surface area contributed by atoms with E-state index in [0.717, 1.165) is 25.8 Å². The number of ether oxygens (including phenoxy) is 2. The van der Waals surface area contributed by atoms with E-state index in [4.69, 9.17) is 44.3 Å². The van der Waals surface area contributed by atoms with Gasteiger partial charge in [0.25, 0.3) is 11.1 Å². The van der Waals surface area contributed by atoms with Gasteiger partial charge in [-0.1, -0.05) is 53.0 Å². The standard InChI is InChI=1S/C25H17Cl3INO4S/c1-33-21-10-15(9-20(29)23(21)34-13-14-5-7-16(26)8-6-14)11-22-24(31)30(25(32)35-22)12-17-18(27)3-2-4-19(17)28/h2-11H,12-13H2,1H3/b22-11+. The number of nitrogens with zero attached hydrogens (tertiary/aromatic N) is 1. The molecule has 4 rings (SSSR count). The molecule has 0 atom stereocenters. The van der Waals surface area contributed by atoms with Gasteiger partial charge in [0.05, 0.1) is 22.1 Å². The molecule has 10 heteroatoms. The molecule has 1 saturated heterocycles. The van der Waals surface area contributed by atoms with Crippen LogP contribution < -0.4 is 9.47 Å². The molecule has 1 aliphatic heterocycles. The molecule has 1 fully saturated rings. The summed E-state index contributed by atoms with van der Waals surface area (Å²) in [5.41, 5.74) is 2.19. The number of hydrogen-bond acceptors (Lipinski definition) is 5. The van der Waals surface area contributed by atoms with Crippen LogP contribution in [0.4, 0.5) is 4.79 Å². The fourth-order valence-electron chi connectivity index (χ4n) is 3.33. The van der Waals surface area contributed by atoms with E-state index in [1.165, 1.54) is 0 Å². The number of thioether (sulfide) groups is 1. The zero-order valence-corrected chi connectivity index (χ0v) is 23.4. The van der Waals surface area contributed by atoms with E-state index in [0.29, 0.717) is 49.2 Å². The van der Waals surface area contributed by atoms with Gasteiger partial charge in [0, 0.05) is 20.6 Å². The second kappa shape index (κ2) is 11.4. The van der Waals surface area contributed by atoms with Crippen molar-refractivity contribution in [2.75, 3.05) is 7.11 Å². The fourth-order valence-corrected chi connectivity index (χ4v) is 5.59. The van der Waals surface area contributed by atoms with Gasteiger partial charge in [-0.2, -0.15) is 0 Å². The zero-order chi connectivity index (χ0) is 25.1. The Hall–Kier alpha value is -1.91. The molecule has 0 saturated carbocycles. The van der Waals surface area contributed by atoms with Crippen LogP contribution in [-0.2, 0) is 17.9 Å². The summed E-state index contributed by atoms with van der Waals surface area (Å²) in [7, 11) is 1.55. The molecular formula is C25H17Cl3INO4S. The molecule has 2 amide bonds. The monoisotopic (exact) mass is 659 g/mol. The summed E-state index contributed by atoms with van der Waals surface area (Å²) < 4.78 is 12.3. The smallest absolute Gasteiger partial charge is 0.293 e. The van der Waals surface area contributed by atoms with Crippen LogP contribution >= 0.6 is 69.2 Å². The average Bonchev–Trinajstić information content (AvgIpc) is 3.08. The summed E-state index contributed by atoms with van der Waals surface area (Å²) in [5, 5.41) is 1.06. The zero-order valence-electron chi connectivity index (χ0n) is 18.2. The summed E-state index contributed by atoms with van der Waals surface area (Å²) >= 11 is 21.4. The Labute approximate surface area is 235 Å². The molecule has 1 aliphatic rings. The molecule has 0 aliphatic carbocycles. The van der Waals surface area contributed by atoms with Crippen LogP contribution in [0.15, 0.2) is 59.5 Å². The van der Waals surface area contributed by atoms with Crippen molar-refractivity contribution in [1.82, 2.24) is 4.90 Å². The Kier molecular flexibility index (Phi) is 8.54. The minimum Gasteiger partial charge on any atom is -0.493 e. The van der Waals surface area contributed by atoms with Crippen LogP contribution in [0.5, 0.6) is 11.5 Å². The molecule has 180 valence electrons. The van der Waals surface area contributed by atoms with Gasteiger partial charge in [-0.25, -0.2) is 0 Å². The fraction of sp³-hybridized carbons (Fsp3) is 0.120. The summed E-state index contributed by atoms with van der Waals surface area (Å²) in [6.07, 6.45) is 1.66. The quantitative estimate of drug-likeness (QED) is 0.190. The molecule has 1 heterocycles. The number of hydrogen-bond donors (Lipinski definition) is 0. The summed E-state index contributed by atoms with van der Waals surface area (Å²) in [4.78, 5) is 27.0. The van der Waals surface area contributed by atoms with Gasteiger partial charge in [-0.05, 0) is 88.0 Å². The number of rotatable bonds is 7. The van der Waals surface area contributed by atoms with Gasteiger partial charge in [0.1, 0.15) is 6.61 Å². The lowest BCUT2D eigenvalue weighted by atomic mass is 10.1. The number of methoxy groups -OCH3 is 1. The number of amides is 2. The maximum Gasteiger partial charge on any atom is 0.293 e. The third kappa shape index (κ3) is 6.09. The van der Waals surface area contributed by atoms with Crippen molar-refractivity contribution in [3.05, 3.63) is 94.8 Å². The summed E-state index contributed by atoms with van der Waals surface area (Å²) in [6.45, 7) is 0.339. The highest BCUT2D eigenvalue weighted by Gasteiger charge is 2.35. The van der Waals surface area contributed by atoms with E-state index >= 15 is 0 Å². The van der Waals surface area contributed by atoms with Crippen LogP contribution in [-0.4, -0.2) is 23.2 Å². The molecule has 5 nitrogen and oxygen atoms in total. The van der Waals surface area contributed by atoms with Crippen molar-refractivity contribution in [3.63, 3.8) is 0 Å². The first kappa shape index (κ1) is 26.2. The molecule has 0 spiro atoms. The van der Waals surface area contributed by atoms with Crippen LogP contribution in [0.25, 0.3) is 6.08 Å². The van der Waals surface area contributed by atoms with Gasteiger partial charge in [0.2, 0.25) is 0 Å². The predicted molar refractivity (Wildman–Crippen MR) is 149 cm³/mol. The molecule has 0 N–H and O–H groups in total. The van der Waals surface area contributed by atoms with Crippen LogP contribution in [0, 0.1) is 3.57 Å². The van der Waals surface area contributed by atoms with Crippen LogP contribution in [0.1, 0.15) is 16.7 Å². The topological polar surface area (TPSA) is 55.8 Å². The highest BCUT2D eigenvalue weighted by Crippen LogP contribution is 2.39. The Morgan fingerprint density at radius 1 is 1.03 bits per heavy atom. The summed E-state index contributed by atoms with van der Waals surface area (Å²) in [5.74, 6) is 0.689. The van der Waals surface area contributed by atoms with Crippen LogP contribution in [0.2, 0.25) is 15.1 Å². The van der Waals surface area contributed by atoms with E-state index in [9.17, 15) is 9.59 Å². The lowest BCUT2D eigenvalue weighted by Gasteiger charge is -2.15.